The maximum atomic E-state index is 12.5. The van der Waals surface area contributed by atoms with Gasteiger partial charge in [-0.1, -0.05) is 20.8 Å². The van der Waals surface area contributed by atoms with E-state index in [1.807, 2.05) is 20.8 Å². The Morgan fingerprint density at radius 3 is 2.17 bits per heavy atom. The van der Waals surface area contributed by atoms with Crippen LogP contribution in [0.15, 0.2) is 0 Å². The van der Waals surface area contributed by atoms with Crippen molar-refractivity contribution in [2.75, 3.05) is 20.2 Å². The first-order chi connectivity index (χ1) is 8.29. The fourth-order valence-corrected chi connectivity index (χ4v) is 2.23. The minimum absolute atomic E-state index is 0.104. The third kappa shape index (κ3) is 3.13. The molecule has 6 nitrogen and oxygen atoms in total. The Morgan fingerprint density at radius 2 is 1.78 bits per heavy atom. The molecule has 6 heteroatoms. The van der Waals surface area contributed by atoms with Crippen LogP contribution in [0.4, 0.5) is 4.79 Å². The predicted octanol–water partition coefficient (Wildman–Crippen LogP) is 0.966. The molecule has 0 saturated carbocycles. The number of carbonyl (C=O) groups is 2. The molecule has 1 rings (SSSR count). The number of hydrogen-bond acceptors (Lipinski definition) is 4. The summed E-state index contributed by atoms with van der Waals surface area (Å²) in [6.45, 7) is 7.12. The molecular weight excluding hydrogens is 234 g/mol. The summed E-state index contributed by atoms with van der Waals surface area (Å²) in [5.41, 5.74) is -0.442. The van der Waals surface area contributed by atoms with Gasteiger partial charge in [0, 0.05) is 13.1 Å². The molecule has 1 fully saturated rings. The SMILES string of the molecule is COC(=O)N(N)[C@H](C(=O)N1CCCC1)C(C)(C)C. The van der Waals surface area contributed by atoms with Crippen LogP contribution in [0.3, 0.4) is 0 Å². The highest BCUT2D eigenvalue weighted by Gasteiger charge is 2.41. The fraction of sp³-hybridized carbons (Fsp3) is 0.833. The van der Waals surface area contributed by atoms with Crippen LogP contribution in [0.25, 0.3) is 0 Å². The summed E-state index contributed by atoms with van der Waals surface area (Å²) in [5, 5.41) is 0.903. The largest absolute Gasteiger partial charge is 0.452 e. The molecule has 0 radical (unpaired) electrons. The minimum atomic E-state index is -0.706. The van der Waals surface area contributed by atoms with E-state index in [0.29, 0.717) is 0 Å². The highest BCUT2D eigenvalue weighted by Crippen LogP contribution is 2.26. The molecule has 0 spiro atoms. The van der Waals surface area contributed by atoms with Gasteiger partial charge < -0.3 is 9.64 Å². The molecule has 1 aliphatic rings. The van der Waals surface area contributed by atoms with Crippen LogP contribution in [0, 0.1) is 5.41 Å². The third-order valence-corrected chi connectivity index (χ3v) is 3.14. The van der Waals surface area contributed by atoms with Crippen LogP contribution < -0.4 is 5.84 Å². The maximum Gasteiger partial charge on any atom is 0.424 e. The molecule has 1 heterocycles. The molecule has 0 unspecified atom stereocenters. The smallest absolute Gasteiger partial charge is 0.424 e. The van der Waals surface area contributed by atoms with Gasteiger partial charge in [0.1, 0.15) is 6.04 Å². The molecule has 0 bridgehead atoms. The first-order valence-corrected chi connectivity index (χ1v) is 6.19. The second kappa shape index (κ2) is 5.56. The van der Waals surface area contributed by atoms with Gasteiger partial charge in [0.15, 0.2) is 0 Å². The number of hydrogen-bond donors (Lipinski definition) is 1. The highest BCUT2D eigenvalue weighted by atomic mass is 16.5. The van der Waals surface area contributed by atoms with Crippen molar-refractivity contribution in [2.24, 2.45) is 11.3 Å². The molecule has 2 amide bonds. The molecular formula is C12H23N3O3. The second-order valence-corrected chi connectivity index (χ2v) is 5.68. The zero-order chi connectivity index (χ0) is 13.9. The Kier molecular flexibility index (Phi) is 4.56. The van der Waals surface area contributed by atoms with Gasteiger partial charge in [-0.15, -0.1) is 0 Å². The monoisotopic (exact) mass is 257 g/mol. The van der Waals surface area contributed by atoms with Gasteiger partial charge in [0.25, 0.3) is 0 Å². The van der Waals surface area contributed by atoms with Gasteiger partial charge in [-0.05, 0) is 18.3 Å². The molecule has 0 aromatic carbocycles. The molecule has 18 heavy (non-hydrogen) atoms. The van der Waals surface area contributed by atoms with Crippen molar-refractivity contribution in [3.8, 4) is 0 Å². The Hall–Kier alpha value is -1.30. The highest BCUT2D eigenvalue weighted by molar-refractivity contribution is 5.86. The molecule has 1 saturated heterocycles. The summed E-state index contributed by atoms with van der Waals surface area (Å²) < 4.78 is 4.59. The van der Waals surface area contributed by atoms with Crippen molar-refractivity contribution < 1.29 is 14.3 Å². The van der Waals surface area contributed by atoms with E-state index in [-0.39, 0.29) is 5.91 Å². The standard InChI is InChI=1S/C12H23N3O3/c1-12(2,3)9(15(13)11(17)18-4)10(16)14-7-5-6-8-14/h9H,5-8,13H2,1-4H3/t9-/m1/s1. The number of nitrogens with two attached hydrogens (primary N) is 1. The quantitative estimate of drug-likeness (QED) is 0.454. The molecule has 2 N–H and O–H groups in total. The lowest BCUT2D eigenvalue weighted by Gasteiger charge is -2.37. The Balaban J connectivity index is 2.91. The summed E-state index contributed by atoms with van der Waals surface area (Å²) in [6, 6.07) is -0.706. The number of likely N-dealkylation sites (tertiary alicyclic amines) is 1. The molecule has 1 atom stereocenters. The fourth-order valence-electron chi connectivity index (χ4n) is 2.23. The Labute approximate surface area is 108 Å². The number of carbonyl (C=O) groups excluding carboxylic acids is 2. The summed E-state index contributed by atoms with van der Waals surface area (Å²) in [5.74, 6) is 5.63. The summed E-state index contributed by atoms with van der Waals surface area (Å²) in [7, 11) is 1.25. The zero-order valence-corrected chi connectivity index (χ0v) is 11.6. The van der Waals surface area contributed by atoms with Gasteiger partial charge in [-0.3, -0.25) is 4.79 Å². The average Bonchev–Trinajstić information content (AvgIpc) is 2.79. The van der Waals surface area contributed by atoms with E-state index < -0.39 is 17.6 Å². The normalized spacial score (nSPS) is 17.5. The van der Waals surface area contributed by atoms with E-state index in [0.717, 1.165) is 30.9 Å². The predicted molar refractivity (Wildman–Crippen MR) is 67.5 cm³/mol. The van der Waals surface area contributed by atoms with Crippen LogP contribution in [0.5, 0.6) is 0 Å². The van der Waals surface area contributed by atoms with E-state index in [9.17, 15) is 9.59 Å². The van der Waals surface area contributed by atoms with E-state index in [4.69, 9.17) is 5.84 Å². The minimum Gasteiger partial charge on any atom is -0.452 e. The average molecular weight is 257 g/mol. The van der Waals surface area contributed by atoms with Crippen molar-refractivity contribution in [3.63, 3.8) is 0 Å². The summed E-state index contributed by atoms with van der Waals surface area (Å²) >= 11 is 0. The van der Waals surface area contributed by atoms with Crippen molar-refractivity contribution >= 4 is 12.0 Å². The van der Waals surface area contributed by atoms with Crippen molar-refractivity contribution in [2.45, 2.75) is 39.7 Å². The maximum absolute atomic E-state index is 12.5. The number of hydrazine groups is 1. The van der Waals surface area contributed by atoms with Crippen molar-refractivity contribution in [1.29, 1.82) is 0 Å². The topological polar surface area (TPSA) is 75.9 Å². The lowest BCUT2D eigenvalue weighted by Crippen LogP contribution is -2.59. The number of rotatable bonds is 2. The second-order valence-electron chi connectivity index (χ2n) is 5.68. The Morgan fingerprint density at radius 1 is 1.28 bits per heavy atom. The third-order valence-electron chi connectivity index (χ3n) is 3.14. The summed E-state index contributed by atoms with van der Waals surface area (Å²) in [6.07, 6.45) is 1.32. The van der Waals surface area contributed by atoms with Gasteiger partial charge in [-0.2, -0.15) is 0 Å². The van der Waals surface area contributed by atoms with Crippen LogP contribution in [-0.2, 0) is 9.53 Å². The number of amides is 2. The van der Waals surface area contributed by atoms with E-state index in [1.54, 1.807) is 4.90 Å². The summed E-state index contributed by atoms with van der Waals surface area (Å²) in [4.78, 5) is 25.7. The van der Waals surface area contributed by atoms with Crippen molar-refractivity contribution in [1.82, 2.24) is 9.91 Å². The van der Waals surface area contributed by atoms with Crippen LogP contribution >= 0.6 is 0 Å². The number of ether oxygens (including phenoxy) is 1. The van der Waals surface area contributed by atoms with Gasteiger partial charge in [0.05, 0.1) is 7.11 Å². The molecule has 104 valence electrons. The Bertz CT molecular complexity index is 319. The number of nitrogens with zero attached hydrogens (tertiary/aromatic N) is 2. The molecule has 0 aromatic rings. The number of methoxy groups -OCH3 is 1. The van der Waals surface area contributed by atoms with E-state index >= 15 is 0 Å². The van der Waals surface area contributed by atoms with E-state index in [2.05, 4.69) is 4.74 Å². The lowest BCUT2D eigenvalue weighted by molar-refractivity contribution is -0.139. The first-order valence-electron chi connectivity index (χ1n) is 6.19. The molecule has 1 aliphatic heterocycles. The molecule has 0 aromatic heterocycles. The van der Waals surface area contributed by atoms with Gasteiger partial charge >= 0.3 is 6.09 Å². The van der Waals surface area contributed by atoms with Crippen LogP contribution in [0.2, 0.25) is 0 Å². The van der Waals surface area contributed by atoms with Gasteiger partial charge in [-0.25, -0.2) is 15.6 Å². The van der Waals surface area contributed by atoms with Crippen molar-refractivity contribution in [3.05, 3.63) is 0 Å². The molecule has 0 aliphatic carbocycles. The first kappa shape index (κ1) is 14.8. The van der Waals surface area contributed by atoms with Crippen LogP contribution in [-0.4, -0.2) is 48.2 Å². The van der Waals surface area contributed by atoms with E-state index in [1.165, 1.54) is 7.11 Å². The lowest BCUT2D eigenvalue weighted by atomic mass is 9.85. The zero-order valence-electron chi connectivity index (χ0n) is 11.6. The van der Waals surface area contributed by atoms with Gasteiger partial charge in [0.2, 0.25) is 5.91 Å². The van der Waals surface area contributed by atoms with Crippen LogP contribution in [0.1, 0.15) is 33.6 Å².